The van der Waals surface area contributed by atoms with Gasteiger partial charge in [-0.25, -0.2) is 4.39 Å². The van der Waals surface area contributed by atoms with Crippen molar-refractivity contribution in [3.05, 3.63) is 35.1 Å². The maximum Gasteiger partial charge on any atom is 0.129 e. The highest BCUT2D eigenvalue weighted by Gasteiger charge is 2.22. The molecule has 0 spiro atoms. The van der Waals surface area contributed by atoms with Gasteiger partial charge in [0.15, 0.2) is 0 Å². The summed E-state index contributed by atoms with van der Waals surface area (Å²) in [6, 6.07) is 5.27. The predicted octanol–water partition coefficient (Wildman–Crippen LogP) is 2.85. The fourth-order valence-corrected chi connectivity index (χ4v) is 1.88. The minimum absolute atomic E-state index is 0.0371. The molecular formula is C11H13FO. The standard InChI is InChI=1S/C11H13FO/c1-2-10-11-8(6-7-13-10)4-3-5-9(11)12/h3-5,10H,2,6-7H2,1H3/t10-/m1/s1. The lowest BCUT2D eigenvalue weighted by molar-refractivity contribution is 0.0371. The maximum atomic E-state index is 13.4. The fraction of sp³-hybridized carbons (Fsp3) is 0.455. The van der Waals surface area contributed by atoms with E-state index in [9.17, 15) is 4.39 Å². The molecule has 0 saturated heterocycles. The third kappa shape index (κ3) is 1.46. The van der Waals surface area contributed by atoms with Crippen LogP contribution in [-0.4, -0.2) is 6.61 Å². The van der Waals surface area contributed by atoms with Crippen molar-refractivity contribution < 1.29 is 9.13 Å². The average Bonchev–Trinajstić information content (AvgIpc) is 2.17. The first-order valence-electron chi connectivity index (χ1n) is 4.71. The van der Waals surface area contributed by atoms with Gasteiger partial charge in [0.1, 0.15) is 5.82 Å². The Morgan fingerprint density at radius 3 is 3.15 bits per heavy atom. The average molecular weight is 180 g/mol. The van der Waals surface area contributed by atoms with E-state index >= 15 is 0 Å². The topological polar surface area (TPSA) is 9.23 Å². The summed E-state index contributed by atoms with van der Waals surface area (Å²) in [5.41, 5.74) is 1.88. The highest BCUT2D eigenvalue weighted by atomic mass is 19.1. The van der Waals surface area contributed by atoms with Crippen LogP contribution < -0.4 is 0 Å². The molecule has 1 aromatic rings. The van der Waals surface area contributed by atoms with Crippen molar-refractivity contribution in [3.63, 3.8) is 0 Å². The van der Waals surface area contributed by atoms with Crippen LogP contribution >= 0.6 is 0 Å². The number of benzene rings is 1. The van der Waals surface area contributed by atoms with Gasteiger partial charge in [-0.05, 0) is 24.5 Å². The molecule has 1 aliphatic heterocycles. The van der Waals surface area contributed by atoms with E-state index in [1.54, 1.807) is 6.07 Å². The van der Waals surface area contributed by atoms with Gasteiger partial charge in [-0.3, -0.25) is 0 Å². The van der Waals surface area contributed by atoms with E-state index in [0.717, 1.165) is 30.6 Å². The van der Waals surface area contributed by atoms with Crippen LogP contribution in [-0.2, 0) is 11.2 Å². The van der Waals surface area contributed by atoms with Crippen LogP contribution in [0.5, 0.6) is 0 Å². The van der Waals surface area contributed by atoms with E-state index in [1.807, 2.05) is 13.0 Å². The summed E-state index contributed by atoms with van der Waals surface area (Å²) < 4.78 is 18.9. The molecule has 1 aliphatic rings. The molecule has 0 bridgehead atoms. The van der Waals surface area contributed by atoms with Gasteiger partial charge in [0.2, 0.25) is 0 Å². The number of hydrogen-bond acceptors (Lipinski definition) is 1. The SMILES string of the molecule is CC[C@H]1OCCc2cccc(F)c21. The van der Waals surface area contributed by atoms with Gasteiger partial charge in [0.25, 0.3) is 0 Å². The molecule has 0 aromatic heterocycles. The first-order valence-corrected chi connectivity index (χ1v) is 4.71. The molecule has 0 amide bonds. The largest absolute Gasteiger partial charge is 0.373 e. The summed E-state index contributed by atoms with van der Waals surface area (Å²) in [6.07, 6.45) is 1.64. The molecule has 2 heteroatoms. The van der Waals surface area contributed by atoms with Gasteiger partial charge in [0.05, 0.1) is 12.7 Å². The van der Waals surface area contributed by atoms with Crippen LogP contribution in [0.4, 0.5) is 4.39 Å². The van der Waals surface area contributed by atoms with Crippen molar-refractivity contribution in [1.29, 1.82) is 0 Å². The van der Waals surface area contributed by atoms with Gasteiger partial charge in [-0.1, -0.05) is 19.1 Å². The van der Waals surface area contributed by atoms with Crippen LogP contribution in [0.3, 0.4) is 0 Å². The Morgan fingerprint density at radius 1 is 1.54 bits per heavy atom. The second-order valence-corrected chi connectivity index (χ2v) is 3.33. The van der Waals surface area contributed by atoms with E-state index in [1.165, 1.54) is 6.07 Å². The number of hydrogen-bond donors (Lipinski definition) is 0. The van der Waals surface area contributed by atoms with Crippen molar-refractivity contribution in [3.8, 4) is 0 Å². The minimum Gasteiger partial charge on any atom is -0.373 e. The van der Waals surface area contributed by atoms with Crippen molar-refractivity contribution in [2.45, 2.75) is 25.9 Å². The summed E-state index contributed by atoms with van der Waals surface area (Å²) in [5.74, 6) is -0.121. The lowest BCUT2D eigenvalue weighted by Gasteiger charge is -2.25. The molecule has 1 atom stereocenters. The summed E-state index contributed by atoms with van der Waals surface area (Å²) in [7, 11) is 0. The van der Waals surface area contributed by atoms with Crippen LogP contribution in [0.2, 0.25) is 0 Å². The third-order valence-corrected chi connectivity index (χ3v) is 2.53. The smallest absolute Gasteiger partial charge is 0.129 e. The Bertz CT molecular complexity index is 309. The third-order valence-electron chi connectivity index (χ3n) is 2.53. The Morgan fingerprint density at radius 2 is 2.38 bits per heavy atom. The van der Waals surface area contributed by atoms with Crippen LogP contribution in [0.25, 0.3) is 0 Å². The zero-order valence-electron chi connectivity index (χ0n) is 7.72. The van der Waals surface area contributed by atoms with Crippen LogP contribution in [0, 0.1) is 5.82 Å². The molecule has 1 aromatic carbocycles. The van der Waals surface area contributed by atoms with Crippen molar-refractivity contribution >= 4 is 0 Å². The molecule has 0 aliphatic carbocycles. The molecule has 1 nitrogen and oxygen atoms in total. The normalized spacial score (nSPS) is 21.2. The van der Waals surface area contributed by atoms with E-state index in [0.29, 0.717) is 0 Å². The number of halogens is 1. The summed E-state index contributed by atoms with van der Waals surface area (Å²) in [6.45, 7) is 2.74. The van der Waals surface area contributed by atoms with Gasteiger partial charge in [-0.15, -0.1) is 0 Å². The predicted molar refractivity (Wildman–Crippen MR) is 49.1 cm³/mol. The molecule has 2 rings (SSSR count). The maximum absolute atomic E-state index is 13.4. The van der Waals surface area contributed by atoms with E-state index in [2.05, 4.69) is 0 Å². The second kappa shape index (κ2) is 3.46. The lowest BCUT2D eigenvalue weighted by Crippen LogP contribution is -2.17. The zero-order chi connectivity index (χ0) is 9.26. The van der Waals surface area contributed by atoms with Gasteiger partial charge < -0.3 is 4.74 Å². The highest BCUT2D eigenvalue weighted by Crippen LogP contribution is 2.31. The lowest BCUT2D eigenvalue weighted by atomic mass is 9.96. The molecule has 0 unspecified atom stereocenters. The molecule has 1 heterocycles. The Balaban J connectivity index is 2.47. The quantitative estimate of drug-likeness (QED) is 0.645. The first-order chi connectivity index (χ1) is 6.33. The summed E-state index contributed by atoms with van der Waals surface area (Å²) in [5, 5.41) is 0. The second-order valence-electron chi connectivity index (χ2n) is 3.33. The first kappa shape index (κ1) is 8.70. The fourth-order valence-electron chi connectivity index (χ4n) is 1.88. The van der Waals surface area contributed by atoms with Crippen molar-refractivity contribution in [2.75, 3.05) is 6.61 Å². The van der Waals surface area contributed by atoms with E-state index in [4.69, 9.17) is 4.74 Å². The molecular weight excluding hydrogens is 167 g/mol. The number of ether oxygens (including phenoxy) is 1. The molecule has 0 N–H and O–H groups in total. The molecule has 0 saturated carbocycles. The van der Waals surface area contributed by atoms with Crippen LogP contribution in [0.1, 0.15) is 30.6 Å². The Hall–Kier alpha value is -0.890. The molecule has 0 radical (unpaired) electrons. The minimum atomic E-state index is -0.121. The summed E-state index contributed by atoms with van der Waals surface area (Å²) in [4.78, 5) is 0. The van der Waals surface area contributed by atoms with Gasteiger partial charge in [-0.2, -0.15) is 0 Å². The number of fused-ring (bicyclic) bond motifs is 1. The van der Waals surface area contributed by atoms with E-state index < -0.39 is 0 Å². The Labute approximate surface area is 77.5 Å². The molecule has 0 fully saturated rings. The zero-order valence-corrected chi connectivity index (χ0v) is 7.72. The molecule has 13 heavy (non-hydrogen) atoms. The van der Waals surface area contributed by atoms with Crippen molar-refractivity contribution in [1.82, 2.24) is 0 Å². The van der Waals surface area contributed by atoms with Gasteiger partial charge >= 0.3 is 0 Å². The summed E-state index contributed by atoms with van der Waals surface area (Å²) >= 11 is 0. The monoisotopic (exact) mass is 180 g/mol. The number of rotatable bonds is 1. The Kier molecular flexibility index (Phi) is 2.32. The molecule has 70 valence electrons. The van der Waals surface area contributed by atoms with E-state index in [-0.39, 0.29) is 11.9 Å². The highest BCUT2D eigenvalue weighted by molar-refractivity contribution is 5.32. The van der Waals surface area contributed by atoms with Crippen LogP contribution in [0.15, 0.2) is 18.2 Å². The van der Waals surface area contributed by atoms with Gasteiger partial charge in [0, 0.05) is 5.56 Å². The van der Waals surface area contributed by atoms with Crippen molar-refractivity contribution in [2.24, 2.45) is 0 Å².